The van der Waals surface area contributed by atoms with Crippen LogP contribution in [0.3, 0.4) is 0 Å². The number of carbonyl (C=O) groups is 1. The summed E-state index contributed by atoms with van der Waals surface area (Å²) in [7, 11) is 0. The Balaban J connectivity index is 0.00000152. The Kier molecular flexibility index (Phi) is 5.37. The molecule has 9 heteroatoms. The van der Waals surface area contributed by atoms with E-state index in [0.717, 1.165) is 35.1 Å². The highest BCUT2D eigenvalue weighted by atomic mass is 16.2. The number of aromatic nitrogens is 5. The summed E-state index contributed by atoms with van der Waals surface area (Å²) in [6.45, 7) is 2.65. The van der Waals surface area contributed by atoms with E-state index in [1.165, 1.54) is 4.57 Å². The molecule has 0 radical (unpaired) electrons. The summed E-state index contributed by atoms with van der Waals surface area (Å²) in [5.41, 5.74) is 4.03. The molecule has 1 fully saturated rings. The van der Waals surface area contributed by atoms with Crippen LogP contribution < -0.4 is 16.2 Å². The first-order valence-electron chi connectivity index (χ1n) is 10.9. The smallest absolute Gasteiger partial charge is 0.293 e. The van der Waals surface area contributed by atoms with E-state index >= 15 is 0 Å². The van der Waals surface area contributed by atoms with Crippen molar-refractivity contribution in [3.8, 4) is 0 Å². The molecule has 3 aromatic heterocycles. The van der Waals surface area contributed by atoms with E-state index in [0.29, 0.717) is 18.8 Å². The minimum absolute atomic E-state index is 0. The number of carbonyl (C=O) groups excluding carboxylic acids is 1. The van der Waals surface area contributed by atoms with Gasteiger partial charge < -0.3 is 15.6 Å². The van der Waals surface area contributed by atoms with Gasteiger partial charge in [-0.3, -0.25) is 19.1 Å². The van der Waals surface area contributed by atoms with E-state index in [4.69, 9.17) is 0 Å². The summed E-state index contributed by atoms with van der Waals surface area (Å²) < 4.78 is 1.45. The number of pyridine rings is 1. The number of nitrogens with one attached hydrogen (secondary N) is 3. The first-order valence-corrected chi connectivity index (χ1v) is 10.9. The summed E-state index contributed by atoms with van der Waals surface area (Å²) >= 11 is 0. The van der Waals surface area contributed by atoms with Crippen molar-refractivity contribution in [2.24, 2.45) is 0 Å². The lowest BCUT2D eigenvalue weighted by molar-refractivity contribution is -0.121. The molecule has 0 spiro atoms. The van der Waals surface area contributed by atoms with Crippen LogP contribution in [-0.4, -0.2) is 37.0 Å². The van der Waals surface area contributed by atoms with Gasteiger partial charge in [-0.15, -0.1) is 0 Å². The van der Waals surface area contributed by atoms with Gasteiger partial charge in [0.05, 0.1) is 17.4 Å². The van der Waals surface area contributed by atoms with E-state index in [1.807, 2.05) is 36.4 Å². The van der Waals surface area contributed by atoms with E-state index in [2.05, 4.69) is 30.6 Å². The zero-order valence-electron chi connectivity index (χ0n) is 18.3. The van der Waals surface area contributed by atoms with Crippen molar-refractivity contribution in [1.82, 2.24) is 29.8 Å². The Hall–Kier alpha value is -4.01. The van der Waals surface area contributed by atoms with Gasteiger partial charge in [-0.1, -0.05) is 12.1 Å². The molecule has 3 N–H and O–H groups in total. The minimum Gasteiger partial charge on any atom is -0.365 e. The van der Waals surface area contributed by atoms with Crippen molar-refractivity contribution in [3.05, 3.63) is 82.4 Å². The molecular weight excluding hydrogens is 418 g/mol. The Labute approximate surface area is 194 Å². The highest BCUT2D eigenvalue weighted by molar-refractivity contribution is 5.77. The van der Waals surface area contributed by atoms with Gasteiger partial charge in [-0.05, 0) is 49.6 Å². The zero-order chi connectivity index (χ0) is 22.8. The molecule has 33 heavy (non-hydrogen) atoms. The molecule has 0 atom stereocenters. The first kappa shape index (κ1) is 20.9. The number of amides is 1. The van der Waals surface area contributed by atoms with Crippen LogP contribution in [0, 0.1) is 6.92 Å². The van der Waals surface area contributed by atoms with Crippen LogP contribution in [-0.2, 0) is 23.3 Å². The Morgan fingerprint density at radius 1 is 1.21 bits per heavy atom. The average Bonchev–Trinajstić information content (AvgIpc) is 3.48. The molecule has 1 aliphatic rings. The van der Waals surface area contributed by atoms with Crippen LogP contribution in [0.15, 0.2) is 59.9 Å². The molecule has 174 valence electrons. The Morgan fingerprint density at radius 3 is 2.88 bits per heavy atom. The molecule has 0 bridgehead atoms. The molecule has 1 saturated carbocycles. The lowest BCUT2D eigenvalue weighted by Gasteiger charge is -2.17. The van der Waals surface area contributed by atoms with Gasteiger partial charge in [0.15, 0.2) is 5.82 Å². The van der Waals surface area contributed by atoms with Crippen LogP contribution in [0.25, 0.3) is 11.0 Å². The summed E-state index contributed by atoms with van der Waals surface area (Å²) in [4.78, 5) is 41.6. The topological polar surface area (TPSA) is 118 Å². The predicted molar refractivity (Wildman–Crippen MR) is 131 cm³/mol. The van der Waals surface area contributed by atoms with Gasteiger partial charge in [0.2, 0.25) is 5.91 Å². The Morgan fingerprint density at radius 2 is 2.09 bits per heavy atom. The highest BCUT2D eigenvalue weighted by Gasteiger charge is 2.45. The van der Waals surface area contributed by atoms with Crippen LogP contribution in [0.5, 0.6) is 0 Å². The molecule has 3 heterocycles. The van der Waals surface area contributed by atoms with E-state index in [9.17, 15) is 9.59 Å². The van der Waals surface area contributed by atoms with Gasteiger partial charge >= 0.3 is 0 Å². The quantitative estimate of drug-likeness (QED) is 0.381. The van der Waals surface area contributed by atoms with Crippen molar-refractivity contribution in [2.45, 2.75) is 38.3 Å². The van der Waals surface area contributed by atoms with Gasteiger partial charge in [-0.2, -0.15) is 0 Å². The van der Waals surface area contributed by atoms with Gasteiger partial charge in [0, 0.05) is 46.6 Å². The fourth-order valence-electron chi connectivity index (χ4n) is 3.99. The number of nitrogens with zero attached hydrogens (tertiary/aromatic N) is 4. The molecule has 5 rings (SSSR count). The fraction of sp³-hybridized carbons (Fsp3) is 0.292. The fourth-order valence-corrected chi connectivity index (χ4v) is 3.99. The van der Waals surface area contributed by atoms with Crippen LogP contribution in [0.1, 0.15) is 34.1 Å². The molecule has 0 aliphatic heterocycles. The van der Waals surface area contributed by atoms with Crippen molar-refractivity contribution in [3.63, 3.8) is 0 Å². The summed E-state index contributed by atoms with van der Waals surface area (Å²) in [6, 6.07) is 11.7. The third-order valence-corrected chi connectivity index (χ3v) is 6.19. The lowest BCUT2D eigenvalue weighted by Crippen LogP contribution is -2.35. The molecule has 1 aromatic carbocycles. The highest BCUT2D eigenvalue weighted by Crippen LogP contribution is 2.47. The number of aryl methyl sites for hydroxylation is 1. The number of benzene rings is 1. The number of hydrogen-bond donors (Lipinski definition) is 3. The van der Waals surface area contributed by atoms with E-state index in [1.54, 1.807) is 25.6 Å². The number of imidazole rings is 1. The number of fused-ring (bicyclic) bond motifs is 1. The summed E-state index contributed by atoms with van der Waals surface area (Å²) in [6.07, 6.45) is 7.08. The number of H-pyrrole nitrogens is 1. The largest absolute Gasteiger partial charge is 0.365 e. The molecule has 1 amide bonds. The third kappa shape index (κ3) is 4.34. The van der Waals surface area contributed by atoms with E-state index < -0.39 is 0 Å². The van der Waals surface area contributed by atoms with Crippen LogP contribution in [0.2, 0.25) is 0 Å². The maximum absolute atomic E-state index is 13.0. The second-order valence-electron chi connectivity index (χ2n) is 8.52. The zero-order valence-corrected chi connectivity index (χ0v) is 18.3. The molecule has 9 nitrogen and oxygen atoms in total. The maximum atomic E-state index is 13.0. The van der Waals surface area contributed by atoms with Crippen LogP contribution >= 0.6 is 0 Å². The van der Waals surface area contributed by atoms with Crippen molar-refractivity contribution < 1.29 is 9.07 Å². The van der Waals surface area contributed by atoms with Gasteiger partial charge in [-0.25, -0.2) is 9.97 Å². The average molecular weight is 450 g/mol. The number of anilines is 1. The number of rotatable bonds is 8. The van der Waals surface area contributed by atoms with Gasteiger partial charge in [0.25, 0.3) is 5.56 Å². The lowest BCUT2D eigenvalue weighted by atomic mass is 10.0. The molecule has 0 unspecified atom stereocenters. The summed E-state index contributed by atoms with van der Waals surface area (Å²) in [5.74, 6) is 0.00880. The number of aromatic amines is 1. The molecule has 1 aliphatic carbocycles. The minimum atomic E-state index is -0.305. The second kappa shape index (κ2) is 8.50. The van der Waals surface area contributed by atoms with Gasteiger partial charge in [0.1, 0.15) is 6.54 Å². The SMILES string of the molecule is Cc1cnc(NCC2(c3ccccn3)CC2)c(=O)n1CC(=O)NCc1ccc2nc[nH]c2c1.[HH].[HH].[HH]. The number of hydrogen-bond acceptors (Lipinski definition) is 6. The molecule has 0 saturated heterocycles. The third-order valence-electron chi connectivity index (χ3n) is 6.19. The normalized spacial score (nSPS) is 14.2. The summed E-state index contributed by atoms with van der Waals surface area (Å²) in [5, 5.41) is 6.09. The van der Waals surface area contributed by atoms with E-state index in [-0.39, 0.29) is 33.5 Å². The van der Waals surface area contributed by atoms with Crippen molar-refractivity contribution in [1.29, 1.82) is 0 Å². The monoisotopic (exact) mass is 449 g/mol. The maximum Gasteiger partial charge on any atom is 0.293 e. The first-order chi connectivity index (χ1) is 16.0. The standard InChI is InChI=1S/C24H25N7O2.3H2/c1-16-11-27-22(28-14-24(7-8-24)20-4-2-3-9-25-20)23(33)31(16)13-21(32)26-12-17-5-6-18-19(10-17)30-15-29-18;;;/h2-6,9-11,15H,7-8,12-14H2,1H3,(H,26,32)(H,27,28)(H,29,30);3*1H. The van der Waals surface area contributed by atoms with Crippen molar-refractivity contribution >= 4 is 22.8 Å². The predicted octanol–water partition coefficient (Wildman–Crippen LogP) is 3.02. The molecule has 4 aromatic rings. The van der Waals surface area contributed by atoms with Crippen molar-refractivity contribution in [2.75, 3.05) is 11.9 Å². The molecular formula is C24H31N7O2. The van der Waals surface area contributed by atoms with Crippen LogP contribution in [0.4, 0.5) is 5.82 Å². The Bertz CT molecular complexity index is 1370. The second-order valence-corrected chi connectivity index (χ2v) is 8.52.